The van der Waals surface area contributed by atoms with E-state index in [1.54, 1.807) is 47.4 Å². The zero-order valence-corrected chi connectivity index (χ0v) is 22.9. The molecule has 4 heterocycles. The summed E-state index contributed by atoms with van der Waals surface area (Å²) in [6.07, 6.45) is 3.49. The van der Waals surface area contributed by atoms with Crippen molar-refractivity contribution in [2.45, 2.75) is 32.2 Å². The molecule has 194 valence electrons. The minimum Gasteiger partial charge on any atom is -0.321 e. The first kappa shape index (κ1) is 25.5. The zero-order chi connectivity index (χ0) is 27.0. The van der Waals surface area contributed by atoms with Gasteiger partial charge >= 0.3 is 0 Å². The average molecular weight is 596 g/mol. The van der Waals surface area contributed by atoms with Gasteiger partial charge in [0.05, 0.1) is 15.1 Å². The van der Waals surface area contributed by atoms with E-state index in [1.807, 2.05) is 13.1 Å². The van der Waals surface area contributed by atoms with Crippen LogP contribution in [0.3, 0.4) is 0 Å². The molecule has 5 aromatic rings. The second-order valence-corrected chi connectivity index (χ2v) is 10.9. The van der Waals surface area contributed by atoms with Crippen LogP contribution in [-0.2, 0) is 16.6 Å². The lowest BCUT2D eigenvalue weighted by atomic mass is 10.3. The lowest BCUT2D eigenvalue weighted by Crippen LogP contribution is -2.16. The van der Waals surface area contributed by atoms with Crippen LogP contribution >= 0.6 is 15.9 Å². The number of aryl methyl sites for hydroxylation is 3. The largest absolute Gasteiger partial charge is 0.321 e. The number of carbonyl (C=O) groups is 1. The Kier molecular flexibility index (Phi) is 6.67. The van der Waals surface area contributed by atoms with Crippen LogP contribution in [0.1, 0.15) is 28.8 Å². The highest BCUT2D eigenvalue weighted by atomic mass is 79.9. The molecule has 0 saturated carbocycles. The third-order valence-electron chi connectivity index (χ3n) is 5.50. The van der Waals surface area contributed by atoms with E-state index in [0.717, 1.165) is 4.47 Å². The number of sulfonamides is 1. The van der Waals surface area contributed by atoms with Gasteiger partial charge in [-0.25, -0.2) is 32.6 Å². The van der Waals surface area contributed by atoms with Crippen molar-refractivity contribution < 1.29 is 13.2 Å². The molecule has 0 aliphatic heterocycles. The summed E-state index contributed by atoms with van der Waals surface area (Å²) >= 11 is 3.53. The smallest absolute Gasteiger partial charge is 0.276 e. The molecule has 0 spiro atoms. The summed E-state index contributed by atoms with van der Waals surface area (Å²) < 4.78 is 32.0. The van der Waals surface area contributed by atoms with Crippen molar-refractivity contribution in [2.24, 2.45) is 0 Å². The summed E-state index contributed by atoms with van der Waals surface area (Å²) in [5, 5.41) is 11.7. The van der Waals surface area contributed by atoms with Crippen molar-refractivity contribution in [1.82, 2.24) is 34.3 Å². The van der Waals surface area contributed by atoms with Gasteiger partial charge in [-0.15, -0.1) is 0 Å². The first-order valence-electron chi connectivity index (χ1n) is 11.5. The molecular weight excluding hydrogens is 574 g/mol. The molecule has 0 saturated heterocycles. The summed E-state index contributed by atoms with van der Waals surface area (Å²) in [4.78, 5) is 25.5. The predicted octanol–water partition coefficient (Wildman–Crippen LogP) is 3.84. The quantitative estimate of drug-likeness (QED) is 0.288. The third kappa shape index (κ3) is 5.13. The molecule has 38 heavy (non-hydrogen) atoms. The van der Waals surface area contributed by atoms with E-state index in [0.29, 0.717) is 40.7 Å². The van der Waals surface area contributed by atoms with Crippen LogP contribution in [0, 0.1) is 13.8 Å². The van der Waals surface area contributed by atoms with Gasteiger partial charge < -0.3 is 5.32 Å². The monoisotopic (exact) mass is 595 g/mol. The normalized spacial score (nSPS) is 11.6. The van der Waals surface area contributed by atoms with Gasteiger partial charge in [-0.05, 0) is 73.1 Å². The summed E-state index contributed by atoms with van der Waals surface area (Å²) in [6.45, 7) is 6.19. The summed E-state index contributed by atoms with van der Waals surface area (Å²) in [5.41, 5.74) is 3.64. The summed E-state index contributed by atoms with van der Waals surface area (Å²) in [7, 11) is -3.92. The molecule has 0 bridgehead atoms. The molecule has 14 heteroatoms. The Hall–Kier alpha value is -4.17. The molecule has 0 atom stereocenters. The van der Waals surface area contributed by atoms with Crippen LogP contribution in [0.15, 0.2) is 64.2 Å². The molecule has 2 N–H and O–H groups in total. The summed E-state index contributed by atoms with van der Waals surface area (Å²) in [6, 6.07) is 10.8. The van der Waals surface area contributed by atoms with E-state index in [9.17, 15) is 13.2 Å². The summed E-state index contributed by atoms with van der Waals surface area (Å²) in [5.74, 6) is -0.481. The molecule has 0 aliphatic carbocycles. The number of aromatic nitrogens is 7. The van der Waals surface area contributed by atoms with Crippen molar-refractivity contribution in [3.05, 3.63) is 76.4 Å². The van der Waals surface area contributed by atoms with Gasteiger partial charge in [-0.2, -0.15) is 10.2 Å². The van der Waals surface area contributed by atoms with E-state index in [2.05, 4.69) is 51.1 Å². The molecule has 0 aliphatic rings. The van der Waals surface area contributed by atoms with Crippen LogP contribution in [0.2, 0.25) is 0 Å². The first-order chi connectivity index (χ1) is 18.1. The number of fused-ring (bicyclic) bond motifs is 1. The first-order valence-corrected chi connectivity index (χ1v) is 13.7. The Labute approximate surface area is 226 Å². The van der Waals surface area contributed by atoms with Crippen molar-refractivity contribution in [3.63, 3.8) is 0 Å². The highest BCUT2D eigenvalue weighted by Crippen LogP contribution is 2.27. The lowest BCUT2D eigenvalue weighted by molar-refractivity contribution is 0.102. The molecule has 4 aromatic heterocycles. The molecule has 0 unspecified atom stereocenters. The van der Waals surface area contributed by atoms with Crippen LogP contribution in [-0.4, -0.2) is 48.7 Å². The van der Waals surface area contributed by atoms with Gasteiger partial charge in [0, 0.05) is 42.1 Å². The Morgan fingerprint density at radius 3 is 2.39 bits per heavy atom. The highest BCUT2D eigenvalue weighted by Gasteiger charge is 2.19. The minimum absolute atomic E-state index is 0.00285. The number of carbonyl (C=O) groups excluding carboxylic acids is 1. The number of nitrogens with zero attached hydrogens (tertiary/aromatic N) is 7. The maximum atomic E-state index is 12.9. The number of rotatable bonds is 7. The van der Waals surface area contributed by atoms with Crippen LogP contribution in [0.25, 0.3) is 17.0 Å². The van der Waals surface area contributed by atoms with E-state index in [-0.39, 0.29) is 16.5 Å². The molecule has 0 fully saturated rings. The molecule has 5 rings (SSSR count). The van der Waals surface area contributed by atoms with Crippen LogP contribution in [0.4, 0.5) is 11.6 Å². The number of halogens is 1. The molecule has 0 radical (unpaired) electrons. The predicted molar refractivity (Wildman–Crippen MR) is 144 cm³/mol. The van der Waals surface area contributed by atoms with Gasteiger partial charge in [0.15, 0.2) is 11.3 Å². The molecule has 1 aromatic carbocycles. The maximum Gasteiger partial charge on any atom is 0.276 e. The molecule has 12 nitrogen and oxygen atoms in total. The number of amides is 1. The fourth-order valence-electron chi connectivity index (χ4n) is 3.78. The maximum absolute atomic E-state index is 12.9. The molecular formula is C24H22BrN9O3S. The SMILES string of the molecule is CCn1cc(Br)c(-c2ccnc3cc(C(=O)Nc4ccc(S(=O)(=O)Nc5nc(C)cc(C)n5)cc4)nn23)n1. The van der Waals surface area contributed by atoms with E-state index < -0.39 is 15.9 Å². The average Bonchev–Trinajstić information content (AvgIpc) is 3.47. The van der Waals surface area contributed by atoms with Gasteiger partial charge in [-0.1, -0.05) is 0 Å². The Bertz CT molecular complexity index is 1760. The third-order valence-corrected chi connectivity index (χ3v) is 7.43. The minimum atomic E-state index is -3.92. The zero-order valence-electron chi connectivity index (χ0n) is 20.5. The van der Waals surface area contributed by atoms with E-state index >= 15 is 0 Å². The highest BCUT2D eigenvalue weighted by molar-refractivity contribution is 9.10. The van der Waals surface area contributed by atoms with E-state index in [4.69, 9.17) is 0 Å². The fourth-order valence-corrected chi connectivity index (χ4v) is 5.24. The van der Waals surface area contributed by atoms with Gasteiger partial charge in [0.1, 0.15) is 5.69 Å². The standard InChI is InChI=1S/C24H22BrN9O3S/c1-4-33-13-18(25)22(31-33)20-9-10-26-21-12-19(30-34(20)21)23(35)29-16-5-7-17(8-6-16)38(36,37)32-24-27-14(2)11-15(3)28-24/h5-13H,4H2,1-3H3,(H,29,35)(H,27,28,32). The number of nitrogens with one attached hydrogen (secondary N) is 2. The van der Waals surface area contributed by atoms with Crippen molar-refractivity contribution in [1.29, 1.82) is 0 Å². The van der Waals surface area contributed by atoms with Crippen molar-refractivity contribution >= 4 is 49.1 Å². The van der Waals surface area contributed by atoms with Crippen LogP contribution in [0.5, 0.6) is 0 Å². The topological polar surface area (TPSA) is 149 Å². The lowest BCUT2D eigenvalue weighted by Gasteiger charge is -2.09. The van der Waals surface area contributed by atoms with Gasteiger partial charge in [0.2, 0.25) is 5.95 Å². The van der Waals surface area contributed by atoms with E-state index in [1.165, 1.54) is 24.3 Å². The Balaban J connectivity index is 1.35. The van der Waals surface area contributed by atoms with Crippen LogP contribution < -0.4 is 10.0 Å². The van der Waals surface area contributed by atoms with Gasteiger partial charge in [-0.3, -0.25) is 9.48 Å². The Morgan fingerprint density at radius 1 is 1.03 bits per heavy atom. The second-order valence-electron chi connectivity index (χ2n) is 8.37. The van der Waals surface area contributed by atoms with Crippen molar-refractivity contribution in [2.75, 3.05) is 10.0 Å². The Morgan fingerprint density at radius 2 is 1.74 bits per heavy atom. The number of hydrogen-bond donors (Lipinski definition) is 2. The fraction of sp³-hybridized carbons (Fsp3) is 0.167. The van der Waals surface area contributed by atoms with Gasteiger partial charge in [0.25, 0.3) is 15.9 Å². The second kappa shape index (κ2) is 9.95. The number of hydrogen-bond acceptors (Lipinski definition) is 8. The molecule has 1 amide bonds. The van der Waals surface area contributed by atoms with Crippen molar-refractivity contribution in [3.8, 4) is 11.4 Å². The number of benzene rings is 1. The number of anilines is 2.